The van der Waals surface area contributed by atoms with E-state index in [1.54, 1.807) is 12.1 Å². The van der Waals surface area contributed by atoms with Gasteiger partial charge in [0.1, 0.15) is 0 Å². The van der Waals surface area contributed by atoms with E-state index in [2.05, 4.69) is 202 Å². The Hall–Kier alpha value is -9.42. The van der Waals surface area contributed by atoms with Crippen molar-refractivity contribution in [3.8, 4) is 62.6 Å². The topological polar surface area (TPSA) is 62.4 Å². The fourth-order valence-corrected chi connectivity index (χ4v) is 11.3. The highest BCUT2D eigenvalue weighted by Gasteiger charge is 2.25. The molecule has 314 valence electrons. The molecular formula is C63H37N5. The number of fused-ring (bicyclic) bond motifs is 13. The van der Waals surface area contributed by atoms with Gasteiger partial charge >= 0.3 is 0 Å². The SMILES string of the molecule is N#Cc1ccc(-c2ccc(-c3cc(-n4c5ccccc5c5cc6c(cc54)Cc4ccccc4-6)cc(-n4c5ccccc5c5c4ccc4c6ccccc6n(-c6ccccc6)c45)c3)cc2C#N)cc1. The standard InChI is InChI=1S/C63H37N5/c64-37-39-22-24-40(25-23-39)49-27-26-41(30-45(49)38-65)43-32-47(35-48(33-43)67-57-19-9-7-17-52(57)56-36-55-44(34-61(56)67)31-42-12-4-5-15-50(42)55)66-59-21-11-8-18-54(59)62-60(66)29-28-53-51-16-6-10-20-58(51)68(63(53)62)46-13-2-1-3-14-46/h1-30,32-36H,31H2. The second-order valence-electron chi connectivity index (χ2n) is 17.9. The van der Waals surface area contributed by atoms with Crippen LogP contribution in [0.15, 0.2) is 212 Å². The third-order valence-electron chi connectivity index (χ3n) is 14.3. The Morgan fingerprint density at radius 1 is 0.338 bits per heavy atom. The molecule has 0 radical (unpaired) electrons. The van der Waals surface area contributed by atoms with Gasteiger partial charge in [-0.1, -0.05) is 127 Å². The first-order valence-corrected chi connectivity index (χ1v) is 23.0. The monoisotopic (exact) mass is 863 g/mol. The summed E-state index contributed by atoms with van der Waals surface area (Å²) in [6.07, 6.45) is 0.895. The summed E-state index contributed by atoms with van der Waals surface area (Å²) in [4.78, 5) is 0. The van der Waals surface area contributed by atoms with Gasteiger partial charge in [-0.3, -0.25) is 0 Å². The maximum Gasteiger partial charge on any atom is 0.0998 e. The second kappa shape index (κ2) is 14.5. The molecule has 5 heteroatoms. The summed E-state index contributed by atoms with van der Waals surface area (Å²) >= 11 is 0. The molecule has 3 aromatic heterocycles. The van der Waals surface area contributed by atoms with Gasteiger partial charge in [-0.05, 0) is 136 Å². The Morgan fingerprint density at radius 3 is 1.72 bits per heavy atom. The third kappa shape index (κ3) is 5.48. The van der Waals surface area contributed by atoms with E-state index in [1.807, 2.05) is 24.3 Å². The highest BCUT2D eigenvalue weighted by molar-refractivity contribution is 6.26. The van der Waals surface area contributed by atoms with Gasteiger partial charge in [0, 0.05) is 49.4 Å². The van der Waals surface area contributed by atoms with Crippen LogP contribution in [-0.4, -0.2) is 13.7 Å². The number of para-hydroxylation sites is 4. The summed E-state index contributed by atoms with van der Waals surface area (Å²) < 4.78 is 7.30. The van der Waals surface area contributed by atoms with Crippen LogP contribution in [-0.2, 0) is 6.42 Å². The predicted octanol–water partition coefficient (Wildman–Crippen LogP) is 15.6. The lowest BCUT2D eigenvalue weighted by atomic mass is 9.94. The van der Waals surface area contributed by atoms with Gasteiger partial charge in [0.05, 0.1) is 56.4 Å². The minimum atomic E-state index is 0.569. The molecule has 0 saturated heterocycles. The molecule has 1 aliphatic rings. The highest BCUT2D eigenvalue weighted by atomic mass is 15.0. The molecule has 0 spiro atoms. The number of hydrogen-bond acceptors (Lipinski definition) is 2. The summed E-state index contributed by atoms with van der Waals surface area (Å²) in [5.74, 6) is 0. The zero-order chi connectivity index (χ0) is 45.0. The molecule has 13 aromatic rings. The van der Waals surface area contributed by atoms with Gasteiger partial charge in [0.15, 0.2) is 0 Å². The summed E-state index contributed by atoms with van der Waals surface area (Å²) in [5, 5.41) is 27.4. The van der Waals surface area contributed by atoms with Crippen LogP contribution in [0.4, 0.5) is 0 Å². The van der Waals surface area contributed by atoms with Crippen LogP contribution >= 0.6 is 0 Å². The van der Waals surface area contributed by atoms with Gasteiger partial charge in [0.2, 0.25) is 0 Å². The normalized spacial score (nSPS) is 12.0. The predicted molar refractivity (Wildman–Crippen MR) is 278 cm³/mol. The molecular weight excluding hydrogens is 827 g/mol. The summed E-state index contributed by atoms with van der Waals surface area (Å²) in [6, 6.07) is 80.4. The number of aromatic nitrogens is 3. The lowest BCUT2D eigenvalue weighted by Crippen LogP contribution is -2.01. The second-order valence-corrected chi connectivity index (χ2v) is 17.9. The minimum absolute atomic E-state index is 0.569. The van der Waals surface area contributed by atoms with Crippen LogP contribution < -0.4 is 0 Å². The van der Waals surface area contributed by atoms with Crippen molar-refractivity contribution in [2.45, 2.75) is 6.42 Å². The summed E-state index contributed by atoms with van der Waals surface area (Å²) in [6.45, 7) is 0. The Morgan fingerprint density at radius 2 is 0.971 bits per heavy atom. The van der Waals surface area contributed by atoms with E-state index in [4.69, 9.17) is 0 Å². The molecule has 0 atom stereocenters. The van der Waals surface area contributed by atoms with Crippen molar-refractivity contribution >= 4 is 65.4 Å². The van der Waals surface area contributed by atoms with E-state index in [1.165, 1.54) is 65.6 Å². The molecule has 0 aliphatic heterocycles. The molecule has 3 heterocycles. The van der Waals surface area contributed by atoms with Crippen LogP contribution in [0, 0.1) is 22.7 Å². The van der Waals surface area contributed by atoms with Gasteiger partial charge < -0.3 is 13.7 Å². The quantitative estimate of drug-likeness (QED) is 0.173. The van der Waals surface area contributed by atoms with Crippen molar-refractivity contribution < 1.29 is 0 Å². The number of nitrogens with zero attached hydrogens (tertiary/aromatic N) is 5. The Kier molecular flexibility index (Phi) is 8.11. The van der Waals surface area contributed by atoms with Crippen LogP contribution in [0.25, 0.3) is 116 Å². The summed E-state index contributed by atoms with van der Waals surface area (Å²) in [7, 11) is 0. The minimum Gasteiger partial charge on any atom is -0.309 e. The van der Waals surface area contributed by atoms with Crippen molar-refractivity contribution in [1.29, 1.82) is 10.5 Å². The lowest BCUT2D eigenvalue weighted by Gasteiger charge is -2.17. The van der Waals surface area contributed by atoms with Crippen molar-refractivity contribution in [3.63, 3.8) is 0 Å². The molecule has 0 bridgehead atoms. The molecule has 0 saturated carbocycles. The molecule has 10 aromatic carbocycles. The lowest BCUT2D eigenvalue weighted by molar-refractivity contribution is 1.13. The smallest absolute Gasteiger partial charge is 0.0998 e. The van der Waals surface area contributed by atoms with Crippen molar-refractivity contribution in [2.75, 3.05) is 0 Å². The zero-order valence-electron chi connectivity index (χ0n) is 36.7. The molecule has 68 heavy (non-hydrogen) atoms. The first-order valence-electron chi connectivity index (χ1n) is 23.0. The zero-order valence-corrected chi connectivity index (χ0v) is 36.7. The third-order valence-corrected chi connectivity index (χ3v) is 14.3. The molecule has 0 amide bonds. The van der Waals surface area contributed by atoms with Gasteiger partial charge in [-0.2, -0.15) is 10.5 Å². The molecule has 5 nitrogen and oxygen atoms in total. The molecule has 0 N–H and O–H groups in total. The largest absolute Gasteiger partial charge is 0.309 e. The van der Waals surface area contributed by atoms with Gasteiger partial charge in [-0.15, -0.1) is 0 Å². The highest BCUT2D eigenvalue weighted by Crippen LogP contribution is 2.45. The van der Waals surface area contributed by atoms with Gasteiger partial charge in [0.25, 0.3) is 0 Å². The van der Waals surface area contributed by atoms with Crippen molar-refractivity contribution in [1.82, 2.24) is 13.7 Å². The molecule has 1 aliphatic carbocycles. The van der Waals surface area contributed by atoms with Crippen LogP contribution in [0.2, 0.25) is 0 Å². The fourth-order valence-electron chi connectivity index (χ4n) is 11.3. The van der Waals surface area contributed by atoms with Crippen molar-refractivity contribution in [2.24, 2.45) is 0 Å². The van der Waals surface area contributed by atoms with E-state index in [0.29, 0.717) is 11.1 Å². The Labute approximate surface area is 391 Å². The maximum absolute atomic E-state index is 10.7. The molecule has 0 unspecified atom stereocenters. The van der Waals surface area contributed by atoms with E-state index >= 15 is 0 Å². The maximum atomic E-state index is 10.7. The van der Waals surface area contributed by atoms with Crippen molar-refractivity contribution in [3.05, 3.63) is 235 Å². The van der Waals surface area contributed by atoms with E-state index in [9.17, 15) is 10.5 Å². The average Bonchev–Trinajstić information content (AvgIpc) is 4.14. The van der Waals surface area contributed by atoms with E-state index in [0.717, 1.165) is 67.8 Å². The summed E-state index contributed by atoms with van der Waals surface area (Å²) in [5.41, 5.74) is 20.1. The van der Waals surface area contributed by atoms with E-state index < -0.39 is 0 Å². The fraction of sp³-hybridized carbons (Fsp3) is 0.0159. The number of rotatable bonds is 5. The molecule has 0 fully saturated rings. The number of benzene rings is 10. The van der Waals surface area contributed by atoms with Crippen LogP contribution in [0.3, 0.4) is 0 Å². The van der Waals surface area contributed by atoms with Crippen LogP contribution in [0.5, 0.6) is 0 Å². The number of hydrogen-bond donors (Lipinski definition) is 0. The van der Waals surface area contributed by atoms with E-state index in [-0.39, 0.29) is 0 Å². The first kappa shape index (κ1) is 37.9. The first-order chi connectivity index (χ1) is 33.6. The average molecular weight is 864 g/mol. The Balaban J connectivity index is 1.07. The van der Waals surface area contributed by atoms with Crippen LogP contribution in [0.1, 0.15) is 22.3 Å². The van der Waals surface area contributed by atoms with Gasteiger partial charge in [-0.25, -0.2) is 0 Å². The number of nitriles is 2. The Bertz CT molecular complexity index is 4360. The molecule has 14 rings (SSSR count).